The van der Waals surface area contributed by atoms with Crippen molar-refractivity contribution in [1.82, 2.24) is 0 Å². The molecule has 20 heavy (non-hydrogen) atoms. The number of benzene rings is 2. The molecule has 2 aromatic carbocycles. The summed E-state index contributed by atoms with van der Waals surface area (Å²) < 4.78 is 13.2. The minimum atomic E-state index is -0.454. The summed E-state index contributed by atoms with van der Waals surface area (Å²) in [5, 5.41) is 4.54. The average molecular weight is 353 g/mol. The Morgan fingerprint density at radius 1 is 0.950 bits per heavy atom. The third-order valence-electron chi connectivity index (χ3n) is 2.81. The van der Waals surface area contributed by atoms with Crippen molar-refractivity contribution in [3.05, 3.63) is 61.8 Å². The van der Waals surface area contributed by atoms with E-state index in [0.717, 1.165) is 5.56 Å². The summed E-state index contributed by atoms with van der Waals surface area (Å²) in [6.45, 7) is 1.89. The molecule has 1 N–H and O–H groups in total. The van der Waals surface area contributed by atoms with E-state index in [0.29, 0.717) is 20.8 Å². The van der Waals surface area contributed by atoms with Crippen LogP contribution in [0.25, 0.3) is 0 Å². The number of nitrogens with one attached hydrogen (secondary N) is 1. The van der Waals surface area contributed by atoms with Crippen LogP contribution in [0.3, 0.4) is 0 Å². The van der Waals surface area contributed by atoms with Crippen LogP contribution in [-0.4, -0.2) is 0 Å². The largest absolute Gasteiger partial charge is 0.376 e. The summed E-state index contributed by atoms with van der Waals surface area (Å²) in [4.78, 5) is 0. The van der Waals surface area contributed by atoms with Gasteiger partial charge in [0, 0.05) is 11.1 Å². The van der Waals surface area contributed by atoms with Gasteiger partial charge in [-0.15, -0.1) is 0 Å². The SMILES string of the molecule is CC(Nc1c(Cl)cc(Cl)cc1Cl)c1ccc(F)c(Cl)c1. The molecule has 1 unspecified atom stereocenters. The van der Waals surface area contributed by atoms with Crippen molar-refractivity contribution in [3.8, 4) is 0 Å². The number of rotatable bonds is 3. The smallest absolute Gasteiger partial charge is 0.141 e. The van der Waals surface area contributed by atoms with Gasteiger partial charge in [-0.2, -0.15) is 0 Å². The molecular formula is C14H10Cl4FN. The fraction of sp³-hybridized carbons (Fsp3) is 0.143. The highest BCUT2D eigenvalue weighted by Crippen LogP contribution is 2.36. The second kappa shape index (κ2) is 6.40. The molecule has 2 aromatic rings. The predicted molar refractivity (Wildman–Crippen MR) is 84.9 cm³/mol. The molecule has 0 aliphatic rings. The Morgan fingerprint density at radius 2 is 1.55 bits per heavy atom. The lowest BCUT2D eigenvalue weighted by molar-refractivity contribution is 0.627. The van der Waals surface area contributed by atoms with Gasteiger partial charge in [0.1, 0.15) is 5.82 Å². The molecule has 6 heteroatoms. The Bertz CT molecular complexity index is 622. The lowest BCUT2D eigenvalue weighted by atomic mass is 10.1. The van der Waals surface area contributed by atoms with Gasteiger partial charge >= 0.3 is 0 Å². The van der Waals surface area contributed by atoms with E-state index >= 15 is 0 Å². The van der Waals surface area contributed by atoms with Crippen molar-refractivity contribution in [1.29, 1.82) is 0 Å². The van der Waals surface area contributed by atoms with Crippen molar-refractivity contribution in [3.63, 3.8) is 0 Å². The lowest BCUT2D eigenvalue weighted by Crippen LogP contribution is -2.07. The third kappa shape index (κ3) is 3.50. The molecule has 2 rings (SSSR count). The van der Waals surface area contributed by atoms with E-state index in [1.807, 2.05) is 6.92 Å². The average Bonchev–Trinajstić information content (AvgIpc) is 2.36. The zero-order valence-corrected chi connectivity index (χ0v) is 13.4. The normalized spacial score (nSPS) is 12.3. The van der Waals surface area contributed by atoms with Gasteiger partial charge in [0.25, 0.3) is 0 Å². The first-order valence-corrected chi connectivity index (χ1v) is 7.25. The Balaban J connectivity index is 2.27. The van der Waals surface area contributed by atoms with Crippen LogP contribution in [0.4, 0.5) is 10.1 Å². The van der Waals surface area contributed by atoms with Gasteiger partial charge in [-0.05, 0) is 36.8 Å². The molecule has 0 radical (unpaired) electrons. The Kier molecular flexibility index (Phi) is 5.03. The van der Waals surface area contributed by atoms with Crippen molar-refractivity contribution in [2.24, 2.45) is 0 Å². The van der Waals surface area contributed by atoms with Gasteiger partial charge < -0.3 is 5.32 Å². The van der Waals surface area contributed by atoms with Crippen LogP contribution in [0.15, 0.2) is 30.3 Å². The molecule has 0 aromatic heterocycles. The first-order valence-electron chi connectivity index (χ1n) is 5.74. The minimum Gasteiger partial charge on any atom is -0.376 e. The monoisotopic (exact) mass is 351 g/mol. The Labute approximate surface area is 136 Å². The van der Waals surface area contributed by atoms with Crippen LogP contribution >= 0.6 is 46.4 Å². The highest BCUT2D eigenvalue weighted by molar-refractivity contribution is 6.41. The van der Waals surface area contributed by atoms with E-state index in [1.54, 1.807) is 24.3 Å². The third-order valence-corrected chi connectivity index (χ3v) is 3.92. The van der Waals surface area contributed by atoms with Crippen molar-refractivity contribution < 1.29 is 4.39 Å². The summed E-state index contributed by atoms with van der Waals surface area (Å²) in [6.07, 6.45) is 0. The van der Waals surface area contributed by atoms with E-state index in [9.17, 15) is 4.39 Å². The van der Waals surface area contributed by atoms with E-state index < -0.39 is 5.82 Å². The maximum absolute atomic E-state index is 13.2. The molecule has 0 saturated heterocycles. The molecule has 1 nitrogen and oxygen atoms in total. The predicted octanol–water partition coefficient (Wildman–Crippen LogP) is 6.61. The van der Waals surface area contributed by atoms with Crippen LogP contribution in [0.2, 0.25) is 20.1 Å². The molecule has 106 valence electrons. The minimum absolute atomic E-state index is 0.0736. The van der Waals surface area contributed by atoms with Crippen molar-refractivity contribution in [2.75, 3.05) is 5.32 Å². The highest BCUT2D eigenvalue weighted by Gasteiger charge is 2.13. The molecular weight excluding hydrogens is 343 g/mol. The van der Waals surface area contributed by atoms with E-state index in [1.165, 1.54) is 6.07 Å². The van der Waals surface area contributed by atoms with Gasteiger partial charge in [-0.3, -0.25) is 0 Å². The first kappa shape index (κ1) is 15.7. The Morgan fingerprint density at radius 3 is 2.10 bits per heavy atom. The number of hydrogen-bond donors (Lipinski definition) is 1. The van der Waals surface area contributed by atoms with E-state index in [2.05, 4.69) is 5.32 Å². The fourth-order valence-electron chi connectivity index (χ4n) is 1.76. The van der Waals surface area contributed by atoms with Gasteiger partial charge in [0.15, 0.2) is 0 Å². The molecule has 0 saturated carbocycles. The molecule has 0 fully saturated rings. The summed E-state index contributed by atoms with van der Waals surface area (Å²) in [5.41, 5.74) is 1.39. The standard InChI is InChI=1S/C14H10Cl4FN/c1-7(8-2-3-13(19)10(16)4-8)20-14-11(17)5-9(15)6-12(14)18/h2-7,20H,1H3. The van der Waals surface area contributed by atoms with Crippen LogP contribution < -0.4 is 5.32 Å². The summed E-state index contributed by atoms with van der Waals surface area (Å²) in [5.74, 6) is -0.454. The van der Waals surface area contributed by atoms with Crippen LogP contribution in [0.5, 0.6) is 0 Å². The van der Waals surface area contributed by atoms with Crippen molar-refractivity contribution >= 4 is 52.1 Å². The van der Waals surface area contributed by atoms with Crippen LogP contribution in [0, 0.1) is 5.82 Å². The quantitative estimate of drug-likeness (QED) is 0.655. The molecule has 0 amide bonds. The molecule has 0 spiro atoms. The second-order valence-corrected chi connectivity index (χ2v) is 5.94. The molecule has 0 aliphatic heterocycles. The first-order chi connectivity index (χ1) is 9.38. The zero-order valence-electron chi connectivity index (χ0n) is 10.4. The Hall–Kier alpha value is -0.670. The summed E-state index contributed by atoms with van der Waals surface area (Å²) >= 11 is 23.8. The van der Waals surface area contributed by atoms with Gasteiger partial charge in [-0.25, -0.2) is 4.39 Å². The lowest BCUT2D eigenvalue weighted by Gasteiger charge is -2.18. The van der Waals surface area contributed by atoms with Gasteiger partial charge in [0.05, 0.1) is 20.8 Å². The maximum Gasteiger partial charge on any atom is 0.141 e. The molecule has 1 atom stereocenters. The number of hydrogen-bond acceptors (Lipinski definition) is 1. The van der Waals surface area contributed by atoms with E-state index in [-0.39, 0.29) is 11.1 Å². The zero-order chi connectivity index (χ0) is 14.9. The molecule has 0 bridgehead atoms. The molecule has 0 heterocycles. The van der Waals surface area contributed by atoms with Gasteiger partial charge in [-0.1, -0.05) is 52.5 Å². The van der Waals surface area contributed by atoms with Crippen LogP contribution in [0.1, 0.15) is 18.5 Å². The second-order valence-electron chi connectivity index (χ2n) is 4.28. The van der Waals surface area contributed by atoms with Crippen LogP contribution in [-0.2, 0) is 0 Å². The summed E-state index contributed by atoms with van der Waals surface area (Å²) in [7, 11) is 0. The summed E-state index contributed by atoms with van der Waals surface area (Å²) in [6, 6.07) is 7.58. The van der Waals surface area contributed by atoms with Gasteiger partial charge in [0.2, 0.25) is 0 Å². The maximum atomic E-state index is 13.2. The molecule has 0 aliphatic carbocycles. The fourth-order valence-corrected chi connectivity index (χ4v) is 2.88. The van der Waals surface area contributed by atoms with Crippen molar-refractivity contribution in [2.45, 2.75) is 13.0 Å². The topological polar surface area (TPSA) is 12.0 Å². The highest BCUT2D eigenvalue weighted by atomic mass is 35.5. The number of halogens is 5. The number of anilines is 1. The van der Waals surface area contributed by atoms with E-state index in [4.69, 9.17) is 46.4 Å².